The van der Waals surface area contributed by atoms with E-state index < -0.39 is 24.2 Å². The number of carbonyl (C=O) groups excluding carboxylic acids is 2. The summed E-state index contributed by atoms with van der Waals surface area (Å²) in [4.78, 5) is 30.7. The monoisotopic (exact) mass is 381 g/mol. The molecule has 2 aromatic rings. The quantitative estimate of drug-likeness (QED) is 0.872. The van der Waals surface area contributed by atoms with Crippen LogP contribution in [0, 0.1) is 0 Å². The lowest BCUT2D eigenvalue weighted by molar-refractivity contribution is -0.146. The Morgan fingerprint density at radius 2 is 1.89 bits per heavy atom. The van der Waals surface area contributed by atoms with Crippen LogP contribution < -0.4 is 5.32 Å². The van der Waals surface area contributed by atoms with Crippen LogP contribution in [0.25, 0.3) is 0 Å². The maximum absolute atomic E-state index is 12.6. The molecule has 10 heteroatoms. The van der Waals surface area contributed by atoms with Crippen LogP contribution in [0.1, 0.15) is 23.3 Å². The van der Waals surface area contributed by atoms with Gasteiger partial charge in [-0.3, -0.25) is 19.3 Å². The fourth-order valence-corrected chi connectivity index (χ4v) is 3.16. The lowest BCUT2D eigenvalue weighted by Crippen LogP contribution is -2.57. The molecule has 1 N–H and O–H groups in total. The van der Waals surface area contributed by atoms with Gasteiger partial charge in [0.25, 0.3) is 5.91 Å². The number of hydrogen-bond acceptors (Lipinski definition) is 4. The lowest BCUT2D eigenvalue weighted by atomic mass is 9.86. The van der Waals surface area contributed by atoms with Crippen molar-refractivity contribution in [3.63, 3.8) is 0 Å². The van der Waals surface area contributed by atoms with Gasteiger partial charge in [-0.2, -0.15) is 18.3 Å². The molecular formula is C17H18F3N5O2. The molecule has 0 aromatic carbocycles. The summed E-state index contributed by atoms with van der Waals surface area (Å²) in [5.41, 5.74) is -0.985. The minimum atomic E-state index is -4.50. The van der Waals surface area contributed by atoms with E-state index in [2.05, 4.69) is 10.1 Å². The molecule has 2 aromatic heterocycles. The van der Waals surface area contributed by atoms with E-state index in [0.29, 0.717) is 0 Å². The zero-order valence-electron chi connectivity index (χ0n) is 14.3. The van der Waals surface area contributed by atoms with Crippen LogP contribution in [0.15, 0.2) is 42.9 Å². The fraction of sp³-hybridized carbons (Fsp3) is 0.412. The number of carbonyl (C=O) groups is 2. The molecule has 0 aliphatic carbocycles. The Labute approximate surface area is 153 Å². The SMILES string of the molecule is O=C(c1ccccn1)N1CCC(C(=O)NCC(F)(F)F)(n2cccn2)CC1. The summed E-state index contributed by atoms with van der Waals surface area (Å²) in [6.07, 6.45) is 0.313. The van der Waals surface area contributed by atoms with E-state index in [9.17, 15) is 22.8 Å². The van der Waals surface area contributed by atoms with Crippen LogP contribution in [0.4, 0.5) is 13.2 Å². The molecule has 27 heavy (non-hydrogen) atoms. The molecule has 0 bridgehead atoms. The van der Waals surface area contributed by atoms with Crippen LogP contribution in [0.2, 0.25) is 0 Å². The molecule has 0 atom stereocenters. The highest BCUT2D eigenvalue weighted by atomic mass is 19.4. The van der Waals surface area contributed by atoms with Crippen LogP contribution in [-0.4, -0.2) is 57.3 Å². The van der Waals surface area contributed by atoms with Gasteiger partial charge in [0.05, 0.1) is 0 Å². The van der Waals surface area contributed by atoms with Crippen LogP contribution in [0.3, 0.4) is 0 Å². The number of piperidine rings is 1. The number of alkyl halides is 3. The zero-order chi connectivity index (χ0) is 19.5. The molecule has 0 radical (unpaired) electrons. The minimum absolute atomic E-state index is 0.150. The highest BCUT2D eigenvalue weighted by molar-refractivity contribution is 5.92. The lowest BCUT2D eigenvalue weighted by Gasteiger charge is -2.40. The van der Waals surface area contributed by atoms with Gasteiger partial charge in [-0.25, -0.2) is 0 Å². The van der Waals surface area contributed by atoms with Crippen molar-refractivity contribution in [2.24, 2.45) is 0 Å². The standard InChI is InChI=1S/C17H18F3N5O2/c18-17(19,20)12-22-15(27)16(25-9-3-8-23-25)5-10-24(11-6-16)14(26)13-4-1-2-7-21-13/h1-4,7-9H,5-6,10-12H2,(H,22,27). The maximum Gasteiger partial charge on any atom is 0.405 e. The molecule has 1 saturated heterocycles. The minimum Gasteiger partial charge on any atom is -0.345 e. The topological polar surface area (TPSA) is 80.1 Å². The van der Waals surface area contributed by atoms with Gasteiger partial charge in [0.15, 0.2) is 0 Å². The number of pyridine rings is 1. The molecule has 3 rings (SSSR count). The number of halogens is 3. The number of amides is 2. The van der Waals surface area contributed by atoms with E-state index in [1.54, 1.807) is 35.4 Å². The molecule has 0 unspecified atom stereocenters. The highest BCUT2D eigenvalue weighted by Gasteiger charge is 2.45. The first-order valence-electron chi connectivity index (χ1n) is 8.37. The van der Waals surface area contributed by atoms with Crippen molar-refractivity contribution in [3.05, 3.63) is 48.5 Å². The number of rotatable bonds is 4. The molecule has 144 valence electrons. The number of nitrogens with zero attached hydrogens (tertiary/aromatic N) is 4. The van der Waals surface area contributed by atoms with Gasteiger partial charge >= 0.3 is 6.18 Å². The molecule has 1 aliphatic rings. The summed E-state index contributed by atoms with van der Waals surface area (Å²) in [5.74, 6) is -1.03. The third kappa shape index (κ3) is 4.09. The van der Waals surface area contributed by atoms with Crippen molar-refractivity contribution in [1.82, 2.24) is 25.0 Å². The van der Waals surface area contributed by atoms with Crippen molar-refractivity contribution in [2.75, 3.05) is 19.6 Å². The summed E-state index contributed by atoms with van der Waals surface area (Å²) in [5, 5.41) is 6.02. The fourth-order valence-electron chi connectivity index (χ4n) is 3.16. The molecule has 3 heterocycles. The number of hydrogen-bond donors (Lipinski definition) is 1. The van der Waals surface area contributed by atoms with Gasteiger partial charge in [0.1, 0.15) is 17.8 Å². The summed E-state index contributed by atoms with van der Waals surface area (Å²) in [7, 11) is 0. The Bertz CT molecular complexity index is 785. The van der Waals surface area contributed by atoms with Crippen molar-refractivity contribution >= 4 is 11.8 Å². The van der Waals surface area contributed by atoms with Crippen molar-refractivity contribution < 1.29 is 22.8 Å². The van der Waals surface area contributed by atoms with E-state index in [1.807, 2.05) is 5.32 Å². The molecule has 0 spiro atoms. The van der Waals surface area contributed by atoms with E-state index in [-0.39, 0.29) is 37.5 Å². The van der Waals surface area contributed by atoms with E-state index >= 15 is 0 Å². The third-order valence-electron chi connectivity index (χ3n) is 4.58. The molecule has 7 nitrogen and oxygen atoms in total. The van der Waals surface area contributed by atoms with Gasteiger partial charge in [-0.15, -0.1) is 0 Å². The predicted octanol–water partition coefficient (Wildman–Crippen LogP) is 1.59. The first-order chi connectivity index (χ1) is 12.8. The Morgan fingerprint density at radius 3 is 2.44 bits per heavy atom. The van der Waals surface area contributed by atoms with E-state index in [4.69, 9.17) is 0 Å². The van der Waals surface area contributed by atoms with Gasteiger partial charge in [0, 0.05) is 31.7 Å². The predicted molar refractivity (Wildman–Crippen MR) is 88.6 cm³/mol. The zero-order valence-corrected chi connectivity index (χ0v) is 14.3. The van der Waals surface area contributed by atoms with E-state index in [0.717, 1.165) is 0 Å². The van der Waals surface area contributed by atoms with E-state index in [1.165, 1.54) is 17.1 Å². The van der Waals surface area contributed by atoms with Crippen LogP contribution in [0.5, 0.6) is 0 Å². The Kier molecular flexibility index (Phi) is 5.15. The Hall–Kier alpha value is -2.91. The average Bonchev–Trinajstić information content (AvgIpc) is 3.21. The second-order valence-corrected chi connectivity index (χ2v) is 6.29. The molecular weight excluding hydrogens is 363 g/mol. The van der Waals surface area contributed by atoms with Gasteiger partial charge in [0.2, 0.25) is 5.91 Å². The number of likely N-dealkylation sites (tertiary alicyclic amines) is 1. The van der Waals surface area contributed by atoms with Crippen molar-refractivity contribution in [2.45, 2.75) is 24.6 Å². The Morgan fingerprint density at radius 1 is 1.15 bits per heavy atom. The maximum atomic E-state index is 12.6. The highest BCUT2D eigenvalue weighted by Crippen LogP contribution is 2.31. The third-order valence-corrected chi connectivity index (χ3v) is 4.58. The molecule has 2 amide bonds. The molecule has 1 fully saturated rings. The number of nitrogens with one attached hydrogen (secondary N) is 1. The van der Waals surface area contributed by atoms with Crippen LogP contribution >= 0.6 is 0 Å². The summed E-state index contributed by atoms with van der Waals surface area (Å²) in [6, 6.07) is 6.58. The van der Waals surface area contributed by atoms with Gasteiger partial charge in [-0.05, 0) is 31.0 Å². The average molecular weight is 381 g/mol. The largest absolute Gasteiger partial charge is 0.405 e. The smallest absolute Gasteiger partial charge is 0.345 e. The normalized spacial score (nSPS) is 16.8. The summed E-state index contributed by atoms with van der Waals surface area (Å²) in [6.45, 7) is -1.01. The molecule has 1 aliphatic heterocycles. The first kappa shape index (κ1) is 18.9. The van der Waals surface area contributed by atoms with Crippen molar-refractivity contribution in [1.29, 1.82) is 0 Å². The summed E-state index contributed by atoms with van der Waals surface area (Å²) < 4.78 is 38.9. The second-order valence-electron chi connectivity index (χ2n) is 6.29. The van der Waals surface area contributed by atoms with Crippen LogP contribution in [-0.2, 0) is 10.3 Å². The molecule has 0 saturated carbocycles. The summed E-state index contributed by atoms with van der Waals surface area (Å²) >= 11 is 0. The first-order valence-corrected chi connectivity index (χ1v) is 8.37. The Balaban J connectivity index is 1.75. The number of aromatic nitrogens is 3. The van der Waals surface area contributed by atoms with Gasteiger partial charge < -0.3 is 10.2 Å². The second kappa shape index (κ2) is 7.37. The van der Waals surface area contributed by atoms with Crippen molar-refractivity contribution in [3.8, 4) is 0 Å². The van der Waals surface area contributed by atoms with Gasteiger partial charge in [-0.1, -0.05) is 6.07 Å².